The van der Waals surface area contributed by atoms with E-state index in [1.165, 1.54) is 0 Å². The van der Waals surface area contributed by atoms with Crippen molar-refractivity contribution in [1.29, 1.82) is 0 Å². The summed E-state index contributed by atoms with van der Waals surface area (Å²) in [5.74, 6) is 0.909. The first kappa shape index (κ1) is 10.4. The van der Waals surface area contributed by atoms with Gasteiger partial charge in [-0.15, -0.1) is 0 Å². The number of hydrogen-bond acceptors (Lipinski definition) is 2. The van der Waals surface area contributed by atoms with E-state index in [0.717, 1.165) is 22.5 Å². The van der Waals surface area contributed by atoms with Gasteiger partial charge in [0.05, 0.1) is 6.26 Å². The summed E-state index contributed by atoms with van der Waals surface area (Å²) in [6, 6.07) is 9.73. The minimum Gasteiger partial charge on any atom is -0.469 e. The molecule has 0 bridgehead atoms. The van der Waals surface area contributed by atoms with Crippen LogP contribution < -0.4 is 0 Å². The number of aliphatic hydroxyl groups is 1. The molecule has 0 fully saturated rings. The van der Waals surface area contributed by atoms with Crippen LogP contribution in [0.4, 0.5) is 0 Å². The maximum Gasteiger partial charge on any atom is 0.112 e. The molecule has 1 unspecified atom stereocenters. The van der Waals surface area contributed by atoms with Gasteiger partial charge in [-0.05, 0) is 18.6 Å². The maximum absolute atomic E-state index is 10.7. The Balaban J connectivity index is 2.04. The van der Waals surface area contributed by atoms with Crippen molar-refractivity contribution in [3.63, 3.8) is 0 Å². The minimum absolute atomic E-state index is 0.570. The maximum atomic E-state index is 10.7. The molecular formula is C15H14O2. The van der Waals surface area contributed by atoms with E-state index in [2.05, 4.69) is 0 Å². The summed E-state index contributed by atoms with van der Waals surface area (Å²) in [6.45, 7) is 1.94. The van der Waals surface area contributed by atoms with Gasteiger partial charge in [0.25, 0.3) is 0 Å². The molecular weight excluding hydrogens is 212 g/mol. The van der Waals surface area contributed by atoms with Crippen LogP contribution >= 0.6 is 0 Å². The molecule has 0 saturated carbocycles. The number of hydrogen-bond donors (Lipinski definition) is 1. The molecule has 86 valence electrons. The average Bonchev–Trinajstić information content (AvgIpc) is 2.71. The highest BCUT2D eigenvalue weighted by Gasteiger charge is 2.31. The van der Waals surface area contributed by atoms with E-state index in [1.54, 1.807) is 6.26 Å². The Morgan fingerprint density at radius 3 is 2.76 bits per heavy atom. The standard InChI is InChI=1S/C15H14O2/c1-11-14-7-8-15(16,9-12(14)10-17-11)13-5-3-2-4-6-13/h2-8,10,16H,9H2,1H3. The third-order valence-corrected chi connectivity index (χ3v) is 3.36. The molecule has 0 radical (unpaired) electrons. The van der Waals surface area contributed by atoms with Crippen molar-refractivity contribution in [2.45, 2.75) is 18.9 Å². The lowest BCUT2D eigenvalue weighted by atomic mass is 9.82. The molecule has 1 N–H and O–H groups in total. The molecule has 1 aliphatic carbocycles. The lowest BCUT2D eigenvalue weighted by molar-refractivity contribution is 0.0892. The summed E-state index contributed by atoms with van der Waals surface area (Å²) in [6.07, 6.45) is 6.11. The number of aryl methyl sites for hydroxylation is 1. The molecule has 1 aromatic carbocycles. The summed E-state index contributed by atoms with van der Waals surface area (Å²) in [7, 11) is 0. The van der Waals surface area contributed by atoms with Crippen LogP contribution in [-0.2, 0) is 12.0 Å². The van der Waals surface area contributed by atoms with Crippen molar-refractivity contribution in [2.24, 2.45) is 0 Å². The first-order valence-corrected chi connectivity index (χ1v) is 5.73. The summed E-state index contributed by atoms with van der Waals surface area (Å²) in [5, 5.41) is 10.7. The topological polar surface area (TPSA) is 33.4 Å². The van der Waals surface area contributed by atoms with Crippen molar-refractivity contribution >= 4 is 6.08 Å². The van der Waals surface area contributed by atoms with Crippen molar-refractivity contribution in [2.75, 3.05) is 0 Å². The molecule has 1 aromatic heterocycles. The van der Waals surface area contributed by atoms with Gasteiger partial charge in [-0.3, -0.25) is 0 Å². The Kier molecular flexibility index (Phi) is 2.20. The van der Waals surface area contributed by atoms with Gasteiger partial charge in [-0.2, -0.15) is 0 Å². The first-order chi connectivity index (χ1) is 8.19. The predicted molar refractivity (Wildman–Crippen MR) is 66.5 cm³/mol. The van der Waals surface area contributed by atoms with E-state index >= 15 is 0 Å². The second-order valence-electron chi connectivity index (χ2n) is 4.53. The summed E-state index contributed by atoms with van der Waals surface area (Å²) in [4.78, 5) is 0. The lowest BCUT2D eigenvalue weighted by Gasteiger charge is -2.27. The van der Waals surface area contributed by atoms with Gasteiger partial charge in [0, 0.05) is 17.5 Å². The Hall–Kier alpha value is -1.80. The fourth-order valence-corrected chi connectivity index (χ4v) is 2.37. The molecule has 1 aliphatic rings. The minimum atomic E-state index is -0.912. The second-order valence-corrected chi connectivity index (χ2v) is 4.53. The molecule has 2 aromatic rings. The van der Waals surface area contributed by atoms with E-state index in [0.29, 0.717) is 6.42 Å². The third kappa shape index (κ3) is 1.61. The lowest BCUT2D eigenvalue weighted by Crippen LogP contribution is -2.27. The van der Waals surface area contributed by atoms with Crippen LogP contribution in [-0.4, -0.2) is 5.11 Å². The van der Waals surface area contributed by atoms with Gasteiger partial charge >= 0.3 is 0 Å². The highest BCUT2D eigenvalue weighted by atomic mass is 16.3. The number of furan rings is 1. The molecule has 17 heavy (non-hydrogen) atoms. The number of rotatable bonds is 1. The van der Waals surface area contributed by atoms with Gasteiger partial charge in [0.1, 0.15) is 11.4 Å². The van der Waals surface area contributed by atoms with Crippen LogP contribution in [0.5, 0.6) is 0 Å². The van der Waals surface area contributed by atoms with Crippen molar-refractivity contribution in [1.82, 2.24) is 0 Å². The average molecular weight is 226 g/mol. The van der Waals surface area contributed by atoms with Crippen LogP contribution in [0.25, 0.3) is 6.08 Å². The number of benzene rings is 1. The summed E-state index contributed by atoms with van der Waals surface area (Å²) >= 11 is 0. The van der Waals surface area contributed by atoms with E-state index < -0.39 is 5.60 Å². The van der Waals surface area contributed by atoms with Crippen molar-refractivity contribution in [3.05, 3.63) is 65.1 Å². The SMILES string of the molecule is Cc1occ2c1C=CC(O)(c1ccccc1)C2. The van der Waals surface area contributed by atoms with Gasteiger partial charge < -0.3 is 9.52 Å². The Morgan fingerprint density at radius 2 is 2.00 bits per heavy atom. The van der Waals surface area contributed by atoms with Crippen LogP contribution in [0.1, 0.15) is 22.5 Å². The molecule has 0 spiro atoms. The van der Waals surface area contributed by atoms with E-state index in [4.69, 9.17) is 4.42 Å². The van der Waals surface area contributed by atoms with Crippen molar-refractivity contribution in [3.8, 4) is 0 Å². The number of fused-ring (bicyclic) bond motifs is 1. The largest absolute Gasteiger partial charge is 0.469 e. The zero-order chi connectivity index (χ0) is 11.9. The highest BCUT2D eigenvalue weighted by molar-refractivity contribution is 5.61. The highest BCUT2D eigenvalue weighted by Crippen LogP contribution is 2.35. The molecule has 0 aliphatic heterocycles. The molecule has 2 nitrogen and oxygen atoms in total. The molecule has 1 atom stereocenters. The molecule has 0 amide bonds. The van der Waals surface area contributed by atoms with Crippen LogP contribution in [0, 0.1) is 6.92 Å². The smallest absolute Gasteiger partial charge is 0.112 e. The molecule has 1 heterocycles. The fraction of sp³-hybridized carbons (Fsp3) is 0.200. The molecule has 0 saturated heterocycles. The van der Waals surface area contributed by atoms with Gasteiger partial charge in [0.15, 0.2) is 0 Å². The van der Waals surface area contributed by atoms with E-state index in [9.17, 15) is 5.11 Å². The van der Waals surface area contributed by atoms with E-state index in [1.807, 2.05) is 49.4 Å². The fourth-order valence-electron chi connectivity index (χ4n) is 2.37. The Bertz CT molecular complexity index is 566. The van der Waals surface area contributed by atoms with Crippen LogP contribution in [0.3, 0.4) is 0 Å². The van der Waals surface area contributed by atoms with E-state index in [-0.39, 0.29) is 0 Å². The first-order valence-electron chi connectivity index (χ1n) is 5.73. The van der Waals surface area contributed by atoms with Crippen molar-refractivity contribution < 1.29 is 9.52 Å². The molecule has 2 heteroatoms. The quantitative estimate of drug-likeness (QED) is 0.810. The van der Waals surface area contributed by atoms with Crippen LogP contribution in [0.2, 0.25) is 0 Å². The monoisotopic (exact) mass is 226 g/mol. The summed E-state index contributed by atoms with van der Waals surface area (Å²) < 4.78 is 5.38. The predicted octanol–water partition coefficient (Wildman–Crippen LogP) is 3.05. The normalized spacial score (nSPS) is 22.5. The Morgan fingerprint density at radius 1 is 1.24 bits per heavy atom. The second kappa shape index (κ2) is 3.60. The zero-order valence-corrected chi connectivity index (χ0v) is 9.68. The van der Waals surface area contributed by atoms with Gasteiger partial charge in [0.2, 0.25) is 0 Å². The summed E-state index contributed by atoms with van der Waals surface area (Å²) in [5.41, 5.74) is 2.17. The van der Waals surface area contributed by atoms with Gasteiger partial charge in [-0.1, -0.05) is 36.4 Å². The Labute approximate surface area is 100 Å². The molecule has 3 rings (SSSR count). The zero-order valence-electron chi connectivity index (χ0n) is 9.68. The van der Waals surface area contributed by atoms with Gasteiger partial charge in [-0.25, -0.2) is 0 Å². The van der Waals surface area contributed by atoms with Crippen LogP contribution in [0.15, 0.2) is 47.1 Å². The third-order valence-electron chi connectivity index (χ3n) is 3.36.